The van der Waals surface area contributed by atoms with Crippen LogP contribution in [0.2, 0.25) is 0 Å². The molecule has 17 heavy (non-hydrogen) atoms. The fraction of sp³-hybridized carbons (Fsp3) is 0.750. The molecule has 1 atom stereocenters. The molecule has 2 fully saturated rings. The molecule has 0 spiro atoms. The van der Waals surface area contributed by atoms with Crippen LogP contribution in [0.25, 0.3) is 0 Å². The van der Waals surface area contributed by atoms with E-state index in [0.717, 1.165) is 25.9 Å². The minimum Gasteiger partial charge on any atom is -0.353 e. The van der Waals surface area contributed by atoms with Gasteiger partial charge >= 0.3 is 0 Å². The van der Waals surface area contributed by atoms with E-state index in [1.54, 1.807) is 0 Å². The lowest BCUT2D eigenvalue weighted by Gasteiger charge is -2.32. The number of amides is 1. The topological polar surface area (TPSA) is 38.8 Å². The zero-order chi connectivity index (χ0) is 12.1. The Kier molecular flexibility index (Phi) is 4.35. The van der Waals surface area contributed by atoms with Crippen LogP contribution in [0.1, 0.15) is 19.3 Å². The first-order chi connectivity index (χ1) is 8.25. The van der Waals surface area contributed by atoms with Crippen molar-refractivity contribution in [1.82, 2.24) is 4.90 Å². The molecule has 2 heterocycles. The summed E-state index contributed by atoms with van der Waals surface area (Å²) in [5.41, 5.74) is 0. The Balaban J connectivity index is 1.62. The van der Waals surface area contributed by atoms with E-state index in [4.69, 9.17) is 9.47 Å². The highest BCUT2D eigenvalue weighted by atomic mass is 19.1. The predicted octanol–water partition coefficient (Wildman–Crippen LogP) is 0.713. The van der Waals surface area contributed by atoms with Crippen LogP contribution in [0.15, 0.2) is 0 Å². The summed E-state index contributed by atoms with van der Waals surface area (Å²) in [6.45, 7) is 1.24. The van der Waals surface area contributed by atoms with E-state index in [0.29, 0.717) is 0 Å². The van der Waals surface area contributed by atoms with Crippen molar-refractivity contribution in [2.75, 3.05) is 26.3 Å². The molecule has 2 aliphatic rings. The largest absolute Gasteiger partial charge is 0.353 e. The monoisotopic (exact) mass is 241 g/mol. The van der Waals surface area contributed by atoms with E-state index < -0.39 is 6.17 Å². The highest BCUT2D eigenvalue weighted by Gasteiger charge is 2.29. The van der Waals surface area contributed by atoms with Crippen LogP contribution in [-0.2, 0) is 14.3 Å². The molecule has 0 aromatic rings. The molecular formula is C12H16FNO3. The third-order valence-electron chi connectivity index (χ3n) is 2.80. The number of rotatable bonds is 2. The molecular weight excluding hydrogens is 225 g/mol. The zero-order valence-electron chi connectivity index (χ0n) is 9.65. The van der Waals surface area contributed by atoms with Crippen molar-refractivity contribution in [2.24, 2.45) is 0 Å². The smallest absolute Gasteiger partial charge is 0.298 e. The highest BCUT2D eigenvalue weighted by molar-refractivity contribution is 5.94. The highest BCUT2D eigenvalue weighted by Crippen LogP contribution is 2.13. The average molecular weight is 241 g/mol. The van der Waals surface area contributed by atoms with Crippen molar-refractivity contribution in [3.05, 3.63) is 0 Å². The molecule has 0 N–H and O–H groups in total. The van der Waals surface area contributed by atoms with Crippen molar-refractivity contribution in [3.63, 3.8) is 0 Å². The maximum atomic E-state index is 12.5. The number of carbonyl (C=O) groups is 1. The Morgan fingerprint density at radius 1 is 1.47 bits per heavy atom. The van der Waals surface area contributed by atoms with Gasteiger partial charge in [-0.05, 0) is 25.2 Å². The number of alkyl halides is 1. The summed E-state index contributed by atoms with van der Waals surface area (Å²) >= 11 is 0. The van der Waals surface area contributed by atoms with E-state index in [1.807, 2.05) is 0 Å². The van der Waals surface area contributed by atoms with Gasteiger partial charge in [-0.15, -0.1) is 0 Å². The summed E-state index contributed by atoms with van der Waals surface area (Å²) in [6, 6.07) is 0. The van der Waals surface area contributed by atoms with Crippen LogP contribution in [-0.4, -0.2) is 49.6 Å². The van der Waals surface area contributed by atoms with Gasteiger partial charge in [0.25, 0.3) is 5.91 Å². The number of halogens is 1. The van der Waals surface area contributed by atoms with Gasteiger partial charge in [-0.25, -0.2) is 4.39 Å². The SMILES string of the molecule is O=C(C#CCOC1CCCCO1)N1CC(F)C1. The van der Waals surface area contributed by atoms with Gasteiger partial charge in [0.15, 0.2) is 6.29 Å². The van der Waals surface area contributed by atoms with Crippen LogP contribution in [0.5, 0.6) is 0 Å². The minimum absolute atomic E-state index is 0.167. The number of ether oxygens (including phenoxy) is 2. The van der Waals surface area contributed by atoms with Crippen LogP contribution in [0, 0.1) is 11.8 Å². The van der Waals surface area contributed by atoms with Crippen molar-refractivity contribution >= 4 is 5.91 Å². The first-order valence-corrected chi connectivity index (χ1v) is 5.91. The molecule has 5 heteroatoms. The summed E-state index contributed by atoms with van der Waals surface area (Å²) in [4.78, 5) is 12.7. The van der Waals surface area contributed by atoms with Crippen molar-refractivity contribution in [3.8, 4) is 11.8 Å². The molecule has 0 radical (unpaired) electrons. The first kappa shape index (κ1) is 12.3. The van der Waals surface area contributed by atoms with Crippen LogP contribution < -0.4 is 0 Å². The quantitative estimate of drug-likeness (QED) is 0.668. The first-order valence-electron chi connectivity index (χ1n) is 5.91. The van der Waals surface area contributed by atoms with Crippen molar-refractivity contribution in [2.45, 2.75) is 31.7 Å². The Hall–Kier alpha value is -1.12. The standard InChI is InChI=1S/C12H16FNO3/c13-10-8-14(9-10)11(15)4-3-7-17-12-5-1-2-6-16-12/h10,12H,1-2,5-9H2. The Morgan fingerprint density at radius 2 is 2.29 bits per heavy atom. The predicted molar refractivity (Wildman–Crippen MR) is 58.8 cm³/mol. The molecule has 0 bridgehead atoms. The molecule has 0 saturated carbocycles. The van der Waals surface area contributed by atoms with E-state index in [1.165, 1.54) is 4.90 Å². The molecule has 4 nitrogen and oxygen atoms in total. The van der Waals surface area contributed by atoms with Crippen LogP contribution in [0.4, 0.5) is 4.39 Å². The molecule has 1 amide bonds. The second-order valence-electron chi connectivity index (χ2n) is 4.22. The molecule has 2 saturated heterocycles. The second kappa shape index (κ2) is 5.99. The molecule has 0 aromatic carbocycles. The average Bonchev–Trinajstić information content (AvgIpc) is 2.32. The van der Waals surface area contributed by atoms with Gasteiger partial charge in [0.2, 0.25) is 0 Å². The molecule has 2 aliphatic heterocycles. The van der Waals surface area contributed by atoms with Crippen molar-refractivity contribution < 1.29 is 18.7 Å². The van der Waals surface area contributed by atoms with Gasteiger partial charge in [-0.2, -0.15) is 0 Å². The maximum Gasteiger partial charge on any atom is 0.298 e. The normalized spacial score (nSPS) is 24.8. The number of carbonyl (C=O) groups excluding carboxylic acids is 1. The third-order valence-corrected chi connectivity index (χ3v) is 2.80. The lowest BCUT2D eigenvalue weighted by atomic mass is 10.2. The third kappa shape index (κ3) is 3.69. The van der Waals surface area contributed by atoms with Gasteiger partial charge in [0.05, 0.1) is 13.1 Å². The number of hydrogen-bond donors (Lipinski definition) is 0. The fourth-order valence-corrected chi connectivity index (χ4v) is 1.76. The lowest BCUT2D eigenvalue weighted by Crippen LogP contribution is -2.51. The van der Waals surface area contributed by atoms with E-state index in [-0.39, 0.29) is 31.9 Å². The lowest BCUT2D eigenvalue weighted by molar-refractivity contribution is -0.154. The Labute approximate surface area is 100 Å². The Morgan fingerprint density at radius 3 is 2.94 bits per heavy atom. The fourth-order valence-electron chi connectivity index (χ4n) is 1.76. The summed E-state index contributed by atoms with van der Waals surface area (Å²) < 4.78 is 23.2. The number of likely N-dealkylation sites (tertiary alicyclic amines) is 1. The van der Waals surface area contributed by atoms with Gasteiger partial charge < -0.3 is 14.4 Å². The zero-order valence-corrected chi connectivity index (χ0v) is 9.65. The molecule has 0 aliphatic carbocycles. The molecule has 1 unspecified atom stereocenters. The van der Waals surface area contributed by atoms with Gasteiger partial charge in [-0.3, -0.25) is 4.79 Å². The van der Waals surface area contributed by atoms with E-state index >= 15 is 0 Å². The number of hydrogen-bond acceptors (Lipinski definition) is 3. The molecule has 2 rings (SSSR count). The summed E-state index contributed by atoms with van der Waals surface area (Å²) in [7, 11) is 0. The maximum absolute atomic E-state index is 12.5. The second-order valence-corrected chi connectivity index (χ2v) is 4.22. The molecule has 94 valence electrons. The Bertz CT molecular complexity index is 324. The van der Waals surface area contributed by atoms with Crippen LogP contribution in [0.3, 0.4) is 0 Å². The van der Waals surface area contributed by atoms with Gasteiger partial charge in [-0.1, -0.05) is 5.92 Å². The summed E-state index contributed by atoms with van der Waals surface area (Å²) in [5.74, 6) is 4.74. The van der Waals surface area contributed by atoms with Gasteiger partial charge in [0.1, 0.15) is 12.8 Å². The van der Waals surface area contributed by atoms with E-state index in [9.17, 15) is 9.18 Å². The minimum atomic E-state index is -0.882. The van der Waals surface area contributed by atoms with Gasteiger partial charge in [0, 0.05) is 6.61 Å². The summed E-state index contributed by atoms with van der Waals surface area (Å²) in [6.07, 6.45) is 1.98. The van der Waals surface area contributed by atoms with Crippen LogP contribution >= 0.6 is 0 Å². The van der Waals surface area contributed by atoms with Crippen molar-refractivity contribution in [1.29, 1.82) is 0 Å². The van der Waals surface area contributed by atoms with E-state index in [2.05, 4.69) is 11.8 Å². The number of nitrogens with zero attached hydrogens (tertiary/aromatic N) is 1. The molecule has 0 aromatic heterocycles. The summed E-state index contributed by atoms with van der Waals surface area (Å²) in [5, 5.41) is 0.